The van der Waals surface area contributed by atoms with Crippen LogP contribution in [0.5, 0.6) is 0 Å². The average molecular weight is 328 g/mol. The summed E-state index contributed by atoms with van der Waals surface area (Å²) in [4.78, 5) is 19.2. The first-order valence-corrected chi connectivity index (χ1v) is 8.33. The van der Waals surface area contributed by atoms with Crippen molar-refractivity contribution >= 4 is 5.91 Å². The molecule has 2 aromatic rings. The van der Waals surface area contributed by atoms with Crippen molar-refractivity contribution in [1.82, 2.24) is 15.0 Å². The van der Waals surface area contributed by atoms with Crippen molar-refractivity contribution < 1.29 is 9.32 Å². The van der Waals surface area contributed by atoms with E-state index in [-0.39, 0.29) is 11.3 Å². The van der Waals surface area contributed by atoms with Gasteiger partial charge in [-0.05, 0) is 31.0 Å². The molecule has 3 rings (SSSR count). The summed E-state index contributed by atoms with van der Waals surface area (Å²) >= 11 is 0. The predicted octanol–water partition coefficient (Wildman–Crippen LogP) is 2.45. The number of hydrogen-bond acceptors (Lipinski definition) is 5. The van der Waals surface area contributed by atoms with E-state index in [9.17, 15) is 4.79 Å². The molecule has 0 spiro atoms. The summed E-state index contributed by atoms with van der Waals surface area (Å²) in [5.41, 5.74) is 6.80. The molecule has 0 saturated carbocycles. The van der Waals surface area contributed by atoms with E-state index >= 15 is 0 Å². The molecule has 0 radical (unpaired) electrons. The lowest BCUT2D eigenvalue weighted by molar-refractivity contribution is 0.0788. The molecule has 1 fully saturated rings. The van der Waals surface area contributed by atoms with Crippen LogP contribution in [0.3, 0.4) is 0 Å². The van der Waals surface area contributed by atoms with Crippen LogP contribution in [0.4, 0.5) is 0 Å². The minimum absolute atomic E-state index is 0.00272. The summed E-state index contributed by atoms with van der Waals surface area (Å²) in [6, 6.07) is 7.39. The lowest BCUT2D eigenvalue weighted by atomic mass is 9.96. The number of nitrogens with two attached hydrogens (primary N) is 1. The number of amides is 1. The molecular weight excluding hydrogens is 304 g/mol. The van der Waals surface area contributed by atoms with E-state index in [0.29, 0.717) is 41.8 Å². The summed E-state index contributed by atoms with van der Waals surface area (Å²) < 4.78 is 5.42. The molecule has 2 N–H and O–H groups in total. The zero-order valence-electron chi connectivity index (χ0n) is 14.5. The summed E-state index contributed by atoms with van der Waals surface area (Å²) in [5.74, 6) is 1.40. The Morgan fingerprint density at radius 3 is 2.75 bits per heavy atom. The van der Waals surface area contributed by atoms with Crippen LogP contribution in [0.25, 0.3) is 11.5 Å². The van der Waals surface area contributed by atoms with Gasteiger partial charge >= 0.3 is 0 Å². The zero-order chi connectivity index (χ0) is 17.3. The fourth-order valence-electron chi connectivity index (χ4n) is 2.87. The Labute approximate surface area is 142 Å². The van der Waals surface area contributed by atoms with Gasteiger partial charge in [0.1, 0.15) is 0 Å². The molecule has 24 heavy (non-hydrogen) atoms. The van der Waals surface area contributed by atoms with Gasteiger partial charge in [0.05, 0.1) is 11.1 Å². The summed E-state index contributed by atoms with van der Waals surface area (Å²) in [6.45, 7) is 8.14. The van der Waals surface area contributed by atoms with Gasteiger partial charge in [0.2, 0.25) is 0 Å². The molecule has 1 amide bonds. The quantitative estimate of drug-likeness (QED) is 0.935. The molecule has 128 valence electrons. The van der Waals surface area contributed by atoms with Gasteiger partial charge in [-0.15, -0.1) is 0 Å². The maximum absolute atomic E-state index is 12.9. The summed E-state index contributed by atoms with van der Waals surface area (Å²) in [6.07, 6.45) is 0.957. The number of carbonyl (C=O) groups excluding carboxylic acids is 1. The van der Waals surface area contributed by atoms with Crippen LogP contribution in [-0.4, -0.2) is 40.6 Å². The number of carbonyl (C=O) groups is 1. The minimum Gasteiger partial charge on any atom is -0.338 e. The molecule has 1 aliphatic heterocycles. The van der Waals surface area contributed by atoms with Crippen molar-refractivity contribution in [2.24, 2.45) is 11.7 Å². The van der Waals surface area contributed by atoms with E-state index in [2.05, 4.69) is 10.1 Å². The highest BCUT2D eigenvalue weighted by Gasteiger charge is 2.29. The summed E-state index contributed by atoms with van der Waals surface area (Å²) in [7, 11) is 0. The Bertz CT molecular complexity index is 733. The third-order valence-electron chi connectivity index (χ3n) is 4.39. The van der Waals surface area contributed by atoms with E-state index in [1.807, 2.05) is 49.9 Å². The highest BCUT2D eigenvalue weighted by Crippen LogP contribution is 2.28. The third kappa shape index (κ3) is 3.19. The van der Waals surface area contributed by atoms with Gasteiger partial charge in [0.25, 0.3) is 11.8 Å². The molecule has 1 unspecified atom stereocenters. The van der Waals surface area contributed by atoms with Crippen molar-refractivity contribution in [3.63, 3.8) is 0 Å². The van der Waals surface area contributed by atoms with Gasteiger partial charge in [-0.1, -0.05) is 38.1 Å². The molecule has 1 saturated heterocycles. The molecule has 0 aliphatic carbocycles. The minimum atomic E-state index is -0.204. The fraction of sp³-hybridized carbons (Fsp3) is 0.500. The SMILES string of the molecule is CC(C)(C)c1noc(-c2ccccc2C(=O)N2CCC(CN)C2)n1. The fourth-order valence-corrected chi connectivity index (χ4v) is 2.87. The number of likely N-dealkylation sites (tertiary alicyclic amines) is 1. The van der Waals surface area contributed by atoms with Crippen molar-refractivity contribution in [2.75, 3.05) is 19.6 Å². The van der Waals surface area contributed by atoms with Crippen LogP contribution in [0, 0.1) is 5.92 Å². The van der Waals surface area contributed by atoms with Crippen molar-refractivity contribution in [3.8, 4) is 11.5 Å². The highest BCUT2D eigenvalue weighted by atomic mass is 16.5. The van der Waals surface area contributed by atoms with E-state index in [4.69, 9.17) is 10.3 Å². The Morgan fingerprint density at radius 1 is 1.38 bits per heavy atom. The van der Waals surface area contributed by atoms with Crippen molar-refractivity contribution in [1.29, 1.82) is 0 Å². The maximum Gasteiger partial charge on any atom is 0.258 e. The van der Waals surface area contributed by atoms with Gasteiger partial charge < -0.3 is 15.2 Å². The number of benzene rings is 1. The van der Waals surface area contributed by atoms with Crippen molar-refractivity contribution in [3.05, 3.63) is 35.7 Å². The average Bonchev–Trinajstić information content (AvgIpc) is 3.23. The lowest BCUT2D eigenvalue weighted by Crippen LogP contribution is -2.30. The monoisotopic (exact) mass is 328 g/mol. The van der Waals surface area contributed by atoms with Gasteiger partial charge in [-0.3, -0.25) is 4.79 Å². The second-order valence-electron chi connectivity index (χ2n) is 7.36. The Balaban J connectivity index is 1.91. The van der Waals surface area contributed by atoms with E-state index in [1.54, 1.807) is 0 Å². The first-order chi connectivity index (χ1) is 11.4. The normalized spacial score (nSPS) is 18.2. The first kappa shape index (κ1) is 16.6. The standard InChI is InChI=1S/C18H24N4O2/c1-18(2,3)17-20-15(24-21-17)13-6-4-5-7-14(13)16(23)22-9-8-12(10-19)11-22/h4-7,12H,8-11,19H2,1-3H3. The largest absolute Gasteiger partial charge is 0.338 e. The second-order valence-corrected chi connectivity index (χ2v) is 7.36. The van der Waals surface area contributed by atoms with Crippen LogP contribution in [-0.2, 0) is 5.41 Å². The number of nitrogens with zero attached hydrogens (tertiary/aromatic N) is 3. The van der Waals surface area contributed by atoms with Gasteiger partial charge in [-0.2, -0.15) is 4.98 Å². The lowest BCUT2D eigenvalue weighted by Gasteiger charge is -2.17. The molecule has 0 bridgehead atoms. The zero-order valence-corrected chi connectivity index (χ0v) is 14.5. The smallest absolute Gasteiger partial charge is 0.258 e. The topological polar surface area (TPSA) is 85.2 Å². The molecule has 1 aromatic carbocycles. The molecule has 1 aromatic heterocycles. The number of hydrogen-bond donors (Lipinski definition) is 1. The van der Waals surface area contributed by atoms with E-state index < -0.39 is 0 Å². The molecule has 6 heteroatoms. The molecular formula is C18H24N4O2. The first-order valence-electron chi connectivity index (χ1n) is 8.33. The van der Waals surface area contributed by atoms with Crippen LogP contribution in [0.2, 0.25) is 0 Å². The molecule has 2 heterocycles. The number of rotatable bonds is 3. The molecule has 1 aliphatic rings. The van der Waals surface area contributed by atoms with Gasteiger partial charge in [-0.25, -0.2) is 0 Å². The van der Waals surface area contributed by atoms with Gasteiger partial charge in [0, 0.05) is 18.5 Å². The van der Waals surface area contributed by atoms with E-state index in [1.165, 1.54) is 0 Å². The van der Waals surface area contributed by atoms with Crippen LogP contribution >= 0.6 is 0 Å². The molecule has 6 nitrogen and oxygen atoms in total. The Morgan fingerprint density at radius 2 is 2.12 bits per heavy atom. The van der Waals surface area contributed by atoms with Gasteiger partial charge in [0.15, 0.2) is 5.82 Å². The number of aromatic nitrogens is 2. The van der Waals surface area contributed by atoms with Crippen LogP contribution < -0.4 is 5.73 Å². The second kappa shape index (κ2) is 6.36. The third-order valence-corrected chi connectivity index (χ3v) is 4.39. The Kier molecular flexibility index (Phi) is 4.41. The predicted molar refractivity (Wildman–Crippen MR) is 91.5 cm³/mol. The summed E-state index contributed by atoms with van der Waals surface area (Å²) in [5, 5.41) is 4.06. The maximum atomic E-state index is 12.9. The van der Waals surface area contributed by atoms with Crippen LogP contribution in [0.1, 0.15) is 43.4 Å². The van der Waals surface area contributed by atoms with Crippen molar-refractivity contribution in [2.45, 2.75) is 32.6 Å². The van der Waals surface area contributed by atoms with E-state index in [0.717, 1.165) is 13.0 Å². The molecule has 1 atom stereocenters. The Hall–Kier alpha value is -2.21. The van der Waals surface area contributed by atoms with Crippen LogP contribution in [0.15, 0.2) is 28.8 Å². The highest BCUT2D eigenvalue weighted by molar-refractivity contribution is 6.00.